The standard InChI is InChI=1S/C18H14N2O3S2/c1-11-5-7-12(8-6-11)9-15-17(23)20(18(24)25-15)19-16(22)13-3-2-4-14(21)10-13/h2-10,21H,1H3,(H,19,22)/b15-9+. The lowest BCUT2D eigenvalue weighted by atomic mass is 10.1. The van der Waals surface area contributed by atoms with Crippen LogP contribution in [-0.2, 0) is 4.79 Å². The molecule has 2 amide bonds. The van der Waals surface area contributed by atoms with Gasteiger partial charge in [0.05, 0.1) is 4.91 Å². The molecular formula is C18H14N2O3S2. The van der Waals surface area contributed by atoms with Crippen LogP contribution >= 0.6 is 24.0 Å². The van der Waals surface area contributed by atoms with Gasteiger partial charge in [-0.3, -0.25) is 15.0 Å². The van der Waals surface area contributed by atoms with Crippen LogP contribution in [0.25, 0.3) is 6.08 Å². The first-order valence-electron chi connectivity index (χ1n) is 7.39. The van der Waals surface area contributed by atoms with Crippen LogP contribution in [0.15, 0.2) is 53.4 Å². The highest BCUT2D eigenvalue weighted by molar-refractivity contribution is 8.26. The summed E-state index contributed by atoms with van der Waals surface area (Å²) in [5.74, 6) is -0.940. The van der Waals surface area contributed by atoms with Crippen LogP contribution in [0.1, 0.15) is 21.5 Å². The number of carbonyl (C=O) groups is 2. The molecule has 1 aliphatic heterocycles. The lowest BCUT2D eigenvalue weighted by Crippen LogP contribution is -2.44. The largest absolute Gasteiger partial charge is 0.508 e. The lowest BCUT2D eigenvalue weighted by Gasteiger charge is -2.15. The zero-order chi connectivity index (χ0) is 18.0. The zero-order valence-electron chi connectivity index (χ0n) is 13.2. The fraction of sp³-hybridized carbons (Fsp3) is 0.0556. The van der Waals surface area contributed by atoms with Crippen molar-refractivity contribution in [1.82, 2.24) is 10.4 Å². The summed E-state index contributed by atoms with van der Waals surface area (Å²) in [6.07, 6.45) is 1.74. The number of aryl methyl sites for hydroxylation is 1. The van der Waals surface area contributed by atoms with Crippen molar-refractivity contribution in [1.29, 1.82) is 0 Å². The molecule has 1 aliphatic rings. The highest BCUT2D eigenvalue weighted by atomic mass is 32.2. The van der Waals surface area contributed by atoms with Gasteiger partial charge in [0.25, 0.3) is 11.8 Å². The van der Waals surface area contributed by atoms with Gasteiger partial charge in [0.15, 0.2) is 4.32 Å². The molecule has 5 nitrogen and oxygen atoms in total. The molecule has 0 unspecified atom stereocenters. The molecular weight excluding hydrogens is 356 g/mol. The average Bonchev–Trinajstić information content (AvgIpc) is 2.84. The van der Waals surface area contributed by atoms with E-state index in [0.29, 0.717) is 4.91 Å². The van der Waals surface area contributed by atoms with Gasteiger partial charge in [-0.25, -0.2) is 0 Å². The predicted octanol–water partition coefficient (Wildman–Crippen LogP) is 3.25. The Morgan fingerprint density at radius 3 is 2.64 bits per heavy atom. The monoisotopic (exact) mass is 370 g/mol. The third-order valence-corrected chi connectivity index (χ3v) is 4.79. The lowest BCUT2D eigenvalue weighted by molar-refractivity contribution is -0.123. The van der Waals surface area contributed by atoms with Crippen LogP contribution in [0, 0.1) is 6.92 Å². The van der Waals surface area contributed by atoms with Crippen LogP contribution < -0.4 is 5.43 Å². The van der Waals surface area contributed by atoms with E-state index in [-0.39, 0.29) is 21.5 Å². The van der Waals surface area contributed by atoms with Gasteiger partial charge < -0.3 is 5.11 Å². The van der Waals surface area contributed by atoms with Crippen LogP contribution in [0.4, 0.5) is 0 Å². The number of hydrogen-bond donors (Lipinski definition) is 2. The maximum Gasteiger partial charge on any atom is 0.285 e. The van der Waals surface area contributed by atoms with Crippen LogP contribution in [0.3, 0.4) is 0 Å². The summed E-state index contributed by atoms with van der Waals surface area (Å²) < 4.78 is 0.247. The fourth-order valence-corrected chi connectivity index (χ4v) is 3.37. The Kier molecular flexibility index (Phi) is 4.87. The second kappa shape index (κ2) is 7.08. The molecule has 1 saturated heterocycles. The summed E-state index contributed by atoms with van der Waals surface area (Å²) in [7, 11) is 0. The molecule has 0 aromatic heterocycles. The number of phenols is 1. The van der Waals surface area contributed by atoms with Gasteiger partial charge in [0.1, 0.15) is 5.75 Å². The van der Waals surface area contributed by atoms with Crippen LogP contribution in [0.2, 0.25) is 0 Å². The van der Waals surface area contributed by atoms with Crippen molar-refractivity contribution < 1.29 is 14.7 Å². The molecule has 0 aliphatic carbocycles. The molecule has 0 spiro atoms. The maximum absolute atomic E-state index is 12.5. The molecule has 126 valence electrons. The Bertz CT molecular complexity index is 891. The van der Waals surface area contributed by atoms with Gasteiger partial charge in [-0.05, 0) is 49.0 Å². The number of nitrogens with one attached hydrogen (secondary N) is 1. The van der Waals surface area contributed by atoms with Crippen molar-refractivity contribution in [2.45, 2.75) is 6.92 Å². The highest BCUT2D eigenvalue weighted by Gasteiger charge is 2.33. The Morgan fingerprint density at radius 1 is 1.24 bits per heavy atom. The number of hydrazine groups is 1. The number of nitrogens with zero attached hydrogens (tertiary/aromatic N) is 1. The molecule has 0 bridgehead atoms. The fourth-order valence-electron chi connectivity index (χ4n) is 2.19. The normalized spacial score (nSPS) is 15.7. The molecule has 25 heavy (non-hydrogen) atoms. The summed E-state index contributed by atoms with van der Waals surface area (Å²) in [6, 6.07) is 13.6. The Hall–Kier alpha value is -2.64. The Balaban J connectivity index is 1.77. The minimum absolute atomic E-state index is 0.0303. The van der Waals surface area contributed by atoms with E-state index in [0.717, 1.165) is 27.9 Å². The molecule has 3 rings (SSSR count). The second-order valence-corrected chi connectivity index (χ2v) is 7.09. The molecule has 2 aromatic rings. The smallest absolute Gasteiger partial charge is 0.285 e. The Morgan fingerprint density at radius 2 is 1.96 bits per heavy atom. The van der Waals surface area contributed by atoms with Crippen molar-refractivity contribution in [3.8, 4) is 5.75 Å². The summed E-state index contributed by atoms with van der Waals surface area (Å²) in [6.45, 7) is 1.99. The van der Waals surface area contributed by atoms with Crippen molar-refractivity contribution in [3.05, 3.63) is 70.1 Å². The number of benzene rings is 2. The van der Waals surface area contributed by atoms with Crippen molar-refractivity contribution in [2.75, 3.05) is 0 Å². The number of amides is 2. The quantitative estimate of drug-likeness (QED) is 0.641. The van der Waals surface area contributed by atoms with E-state index < -0.39 is 5.91 Å². The first-order valence-corrected chi connectivity index (χ1v) is 8.61. The minimum Gasteiger partial charge on any atom is -0.508 e. The van der Waals surface area contributed by atoms with Gasteiger partial charge in [-0.2, -0.15) is 5.01 Å². The summed E-state index contributed by atoms with van der Waals surface area (Å²) in [4.78, 5) is 25.2. The molecule has 1 fully saturated rings. The van der Waals surface area contributed by atoms with Crippen molar-refractivity contribution in [3.63, 3.8) is 0 Å². The molecule has 2 N–H and O–H groups in total. The average molecular weight is 370 g/mol. The van der Waals surface area contributed by atoms with Gasteiger partial charge in [0, 0.05) is 5.56 Å². The van der Waals surface area contributed by atoms with E-state index >= 15 is 0 Å². The molecule has 7 heteroatoms. The minimum atomic E-state index is -0.524. The van der Waals surface area contributed by atoms with E-state index in [1.54, 1.807) is 12.1 Å². The number of thiocarbonyl (C=S) groups is 1. The van der Waals surface area contributed by atoms with Gasteiger partial charge >= 0.3 is 0 Å². The van der Waals surface area contributed by atoms with E-state index in [4.69, 9.17) is 12.2 Å². The maximum atomic E-state index is 12.5. The number of phenolic OH excluding ortho intramolecular Hbond substituents is 1. The molecule has 0 saturated carbocycles. The number of hydrogen-bond acceptors (Lipinski definition) is 5. The number of aromatic hydroxyl groups is 1. The highest BCUT2D eigenvalue weighted by Crippen LogP contribution is 2.31. The van der Waals surface area contributed by atoms with E-state index in [1.807, 2.05) is 31.2 Å². The number of rotatable bonds is 3. The molecule has 0 radical (unpaired) electrons. The first kappa shape index (κ1) is 17.2. The van der Waals surface area contributed by atoms with Gasteiger partial charge in [-0.1, -0.05) is 47.7 Å². The van der Waals surface area contributed by atoms with Crippen molar-refractivity contribution >= 4 is 46.2 Å². The molecule has 0 atom stereocenters. The van der Waals surface area contributed by atoms with Crippen LogP contribution in [-0.4, -0.2) is 26.3 Å². The molecule has 2 aromatic carbocycles. The SMILES string of the molecule is Cc1ccc(/C=C2/SC(=S)N(NC(=O)c3cccc(O)c3)C2=O)cc1. The Labute approximate surface area is 154 Å². The second-order valence-electron chi connectivity index (χ2n) is 5.42. The third kappa shape index (κ3) is 3.89. The van der Waals surface area contributed by atoms with Crippen molar-refractivity contribution in [2.24, 2.45) is 0 Å². The number of thioether (sulfide) groups is 1. The third-order valence-electron chi connectivity index (χ3n) is 3.49. The predicted molar refractivity (Wildman–Crippen MR) is 102 cm³/mol. The number of carbonyl (C=O) groups excluding carboxylic acids is 2. The van der Waals surface area contributed by atoms with E-state index in [2.05, 4.69) is 5.43 Å². The topological polar surface area (TPSA) is 69.6 Å². The van der Waals surface area contributed by atoms with Gasteiger partial charge in [0.2, 0.25) is 0 Å². The van der Waals surface area contributed by atoms with Crippen LogP contribution in [0.5, 0.6) is 5.75 Å². The summed E-state index contributed by atoms with van der Waals surface area (Å²) in [5, 5.41) is 10.5. The van der Waals surface area contributed by atoms with E-state index in [1.165, 1.54) is 18.2 Å². The van der Waals surface area contributed by atoms with E-state index in [9.17, 15) is 14.7 Å². The van der Waals surface area contributed by atoms with Gasteiger partial charge in [-0.15, -0.1) is 0 Å². The first-order chi connectivity index (χ1) is 11.9. The zero-order valence-corrected chi connectivity index (χ0v) is 14.9. The summed E-state index contributed by atoms with van der Waals surface area (Å²) in [5.41, 5.74) is 4.72. The molecule has 1 heterocycles. The summed E-state index contributed by atoms with van der Waals surface area (Å²) >= 11 is 6.31.